The minimum Gasteiger partial charge on any atom is -0.457 e. The van der Waals surface area contributed by atoms with Crippen molar-refractivity contribution in [3.8, 4) is 0 Å². The van der Waals surface area contributed by atoms with Gasteiger partial charge in [-0.1, -0.05) is 41.4 Å². The predicted octanol–water partition coefficient (Wildman–Crippen LogP) is 2.91. The van der Waals surface area contributed by atoms with Crippen LogP contribution in [0.5, 0.6) is 0 Å². The molecule has 1 N–H and O–H groups in total. The van der Waals surface area contributed by atoms with Crippen LogP contribution in [0.3, 0.4) is 0 Å². The number of carbonyl (C=O) groups excluding carboxylic acids is 4. The quantitative estimate of drug-likeness (QED) is 0.557. The Kier molecular flexibility index (Phi) is 6.51. The van der Waals surface area contributed by atoms with Crippen LogP contribution in [0.1, 0.15) is 27.1 Å². The van der Waals surface area contributed by atoms with Crippen LogP contribution in [-0.2, 0) is 14.3 Å². The number of ether oxygens (including phenoxy) is 1. The fourth-order valence-corrected chi connectivity index (χ4v) is 3.31. The molecule has 0 spiro atoms. The molecule has 2 aromatic rings. The molecule has 0 radical (unpaired) electrons. The van der Waals surface area contributed by atoms with E-state index in [4.69, 9.17) is 27.9 Å². The summed E-state index contributed by atoms with van der Waals surface area (Å²) in [5, 5.41) is 1.62. The van der Waals surface area contributed by atoms with Crippen LogP contribution in [-0.4, -0.2) is 41.7 Å². The molecule has 2 amide bonds. The number of ketones is 1. The third kappa shape index (κ3) is 5.13. The molecule has 1 atom stereocenters. The Balaban J connectivity index is 1.53. The van der Waals surface area contributed by atoms with E-state index in [-0.39, 0.29) is 23.6 Å². The highest BCUT2D eigenvalue weighted by Crippen LogP contribution is 2.22. The van der Waals surface area contributed by atoms with E-state index < -0.39 is 36.1 Å². The van der Waals surface area contributed by atoms with Crippen molar-refractivity contribution >= 4 is 46.8 Å². The minimum atomic E-state index is -0.785. The Bertz CT molecular complexity index is 965. The number of rotatable bonds is 6. The summed E-state index contributed by atoms with van der Waals surface area (Å²) in [7, 11) is 0. The Morgan fingerprint density at radius 1 is 1.10 bits per heavy atom. The van der Waals surface area contributed by atoms with Crippen molar-refractivity contribution in [2.45, 2.75) is 6.42 Å². The van der Waals surface area contributed by atoms with Crippen LogP contribution in [0.15, 0.2) is 48.5 Å². The molecule has 3 rings (SSSR count). The molecular weight excluding hydrogens is 419 g/mol. The van der Waals surface area contributed by atoms with Crippen LogP contribution in [0.4, 0.5) is 0 Å². The van der Waals surface area contributed by atoms with Gasteiger partial charge >= 0.3 is 5.97 Å². The SMILES string of the molecule is O=C(NN1CC(C(=O)OCC(=O)c2ccc(Cl)cc2Cl)CC1=O)c1ccccc1. The van der Waals surface area contributed by atoms with E-state index in [1.807, 2.05) is 0 Å². The molecule has 9 heteroatoms. The summed E-state index contributed by atoms with van der Waals surface area (Å²) in [6.07, 6.45) is -0.121. The van der Waals surface area contributed by atoms with Gasteiger partial charge in [0.2, 0.25) is 11.7 Å². The highest BCUT2D eigenvalue weighted by Gasteiger charge is 2.36. The maximum Gasteiger partial charge on any atom is 0.311 e. The first-order valence-corrected chi connectivity index (χ1v) is 9.42. The van der Waals surface area contributed by atoms with Crippen LogP contribution < -0.4 is 5.43 Å². The first kappa shape index (κ1) is 20.8. The van der Waals surface area contributed by atoms with Gasteiger partial charge in [-0.15, -0.1) is 0 Å². The van der Waals surface area contributed by atoms with Crippen LogP contribution in [0.2, 0.25) is 10.0 Å². The lowest BCUT2D eigenvalue weighted by molar-refractivity contribution is -0.147. The fraction of sp³-hybridized carbons (Fsp3) is 0.200. The lowest BCUT2D eigenvalue weighted by Gasteiger charge is -2.17. The van der Waals surface area contributed by atoms with Crippen molar-refractivity contribution in [3.63, 3.8) is 0 Å². The van der Waals surface area contributed by atoms with Crippen molar-refractivity contribution in [1.82, 2.24) is 10.4 Å². The Labute approximate surface area is 176 Å². The summed E-state index contributed by atoms with van der Waals surface area (Å²) < 4.78 is 5.04. The summed E-state index contributed by atoms with van der Waals surface area (Å²) in [6.45, 7) is -0.548. The number of nitrogens with one attached hydrogen (secondary N) is 1. The first-order valence-electron chi connectivity index (χ1n) is 8.66. The summed E-state index contributed by atoms with van der Waals surface area (Å²) in [4.78, 5) is 48.7. The van der Waals surface area contributed by atoms with Crippen molar-refractivity contribution in [2.24, 2.45) is 5.92 Å². The Morgan fingerprint density at radius 2 is 1.83 bits per heavy atom. The average molecular weight is 435 g/mol. The standard InChI is InChI=1S/C20H16Cl2N2O5/c21-14-6-7-15(16(22)9-14)17(25)11-29-20(28)13-8-18(26)24(10-13)23-19(27)12-4-2-1-3-5-12/h1-7,9,13H,8,10-11H2,(H,23,27). The second kappa shape index (κ2) is 9.07. The molecular formula is C20H16Cl2N2O5. The highest BCUT2D eigenvalue weighted by molar-refractivity contribution is 6.36. The molecule has 0 aliphatic carbocycles. The molecule has 1 heterocycles. The van der Waals surface area contributed by atoms with E-state index in [1.165, 1.54) is 18.2 Å². The lowest BCUT2D eigenvalue weighted by atomic mass is 10.1. The molecule has 1 aliphatic heterocycles. The maximum absolute atomic E-state index is 12.2. The van der Waals surface area contributed by atoms with Gasteiger partial charge in [-0.3, -0.25) is 29.6 Å². The number of esters is 1. The molecule has 7 nitrogen and oxygen atoms in total. The number of carbonyl (C=O) groups is 4. The zero-order chi connectivity index (χ0) is 21.0. The van der Waals surface area contributed by atoms with Crippen LogP contribution in [0.25, 0.3) is 0 Å². The topological polar surface area (TPSA) is 92.8 Å². The van der Waals surface area contributed by atoms with Crippen molar-refractivity contribution in [2.75, 3.05) is 13.2 Å². The number of hydrogen-bond acceptors (Lipinski definition) is 5. The smallest absolute Gasteiger partial charge is 0.311 e. The molecule has 29 heavy (non-hydrogen) atoms. The number of amides is 2. The summed E-state index contributed by atoms with van der Waals surface area (Å²) >= 11 is 11.8. The largest absolute Gasteiger partial charge is 0.457 e. The van der Waals surface area contributed by atoms with Gasteiger partial charge in [-0.05, 0) is 30.3 Å². The number of Topliss-reactive ketones (excluding diaryl/α,β-unsaturated/α-hetero) is 1. The normalized spacial score (nSPS) is 15.9. The second-order valence-electron chi connectivity index (χ2n) is 6.37. The summed E-state index contributed by atoms with van der Waals surface area (Å²) in [5.41, 5.74) is 3.04. The predicted molar refractivity (Wildman–Crippen MR) is 105 cm³/mol. The van der Waals surface area contributed by atoms with Crippen LogP contribution in [0, 0.1) is 5.92 Å². The van der Waals surface area contributed by atoms with E-state index >= 15 is 0 Å². The first-order chi connectivity index (χ1) is 13.8. The van der Waals surface area contributed by atoms with Gasteiger partial charge in [0.1, 0.15) is 0 Å². The molecule has 0 bridgehead atoms. The number of hydrogen-bond donors (Lipinski definition) is 1. The van der Waals surface area contributed by atoms with E-state index in [0.717, 1.165) is 5.01 Å². The molecule has 1 fully saturated rings. The zero-order valence-corrected chi connectivity index (χ0v) is 16.6. The van der Waals surface area contributed by atoms with Gasteiger partial charge in [-0.2, -0.15) is 0 Å². The van der Waals surface area contributed by atoms with Crippen molar-refractivity contribution in [1.29, 1.82) is 0 Å². The Morgan fingerprint density at radius 3 is 2.52 bits per heavy atom. The summed E-state index contributed by atoms with van der Waals surface area (Å²) in [5.74, 6) is -2.84. The maximum atomic E-state index is 12.2. The van der Waals surface area contributed by atoms with E-state index in [2.05, 4.69) is 5.43 Å². The van der Waals surface area contributed by atoms with Crippen molar-refractivity contribution < 1.29 is 23.9 Å². The minimum absolute atomic E-state index is 0.0356. The number of nitrogens with zero attached hydrogens (tertiary/aromatic N) is 1. The van der Waals surface area contributed by atoms with E-state index in [9.17, 15) is 19.2 Å². The zero-order valence-electron chi connectivity index (χ0n) is 15.1. The van der Waals surface area contributed by atoms with Crippen LogP contribution >= 0.6 is 23.2 Å². The molecule has 0 saturated carbocycles. The number of hydrazine groups is 1. The molecule has 1 unspecified atom stereocenters. The average Bonchev–Trinajstić information content (AvgIpc) is 3.07. The Hall–Kier alpha value is -2.90. The molecule has 1 aliphatic rings. The molecule has 1 saturated heterocycles. The van der Waals surface area contributed by atoms with Gasteiger partial charge in [0.15, 0.2) is 6.61 Å². The summed E-state index contributed by atoms with van der Waals surface area (Å²) in [6, 6.07) is 12.7. The van der Waals surface area contributed by atoms with E-state index in [0.29, 0.717) is 10.6 Å². The van der Waals surface area contributed by atoms with Gasteiger partial charge in [0.05, 0.1) is 17.5 Å². The highest BCUT2D eigenvalue weighted by atomic mass is 35.5. The monoisotopic (exact) mass is 434 g/mol. The van der Waals surface area contributed by atoms with E-state index in [1.54, 1.807) is 30.3 Å². The molecule has 2 aromatic carbocycles. The van der Waals surface area contributed by atoms with Gasteiger partial charge in [0, 0.05) is 22.6 Å². The molecule has 0 aromatic heterocycles. The lowest BCUT2D eigenvalue weighted by Crippen LogP contribution is -2.43. The van der Waals surface area contributed by atoms with Gasteiger partial charge in [0.25, 0.3) is 5.91 Å². The molecule has 150 valence electrons. The third-order valence-corrected chi connectivity index (χ3v) is 4.86. The number of benzene rings is 2. The fourth-order valence-electron chi connectivity index (χ4n) is 2.80. The van der Waals surface area contributed by atoms with Gasteiger partial charge < -0.3 is 4.74 Å². The second-order valence-corrected chi connectivity index (χ2v) is 7.21. The third-order valence-electron chi connectivity index (χ3n) is 4.31. The van der Waals surface area contributed by atoms with Gasteiger partial charge in [-0.25, -0.2) is 0 Å². The van der Waals surface area contributed by atoms with Crippen molar-refractivity contribution in [3.05, 3.63) is 69.7 Å². The number of halogens is 2.